The molecular formula is C8H15N5. The Hall–Kier alpha value is -0.970. The highest BCUT2D eigenvalue weighted by molar-refractivity contribution is 5.02. The highest BCUT2D eigenvalue weighted by atomic mass is 15.5. The Morgan fingerprint density at radius 2 is 2.31 bits per heavy atom. The van der Waals surface area contributed by atoms with Crippen LogP contribution in [0.2, 0.25) is 0 Å². The summed E-state index contributed by atoms with van der Waals surface area (Å²) in [6.45, 7) is 0. The van der Waals surface area contributed by atoms with Crippen LogP contribution in [0.4, 0.5) is 0 Å². The summed E-state index contributed by atoms with van der Waals surface area (Å²) in [5.41, 5.74) is 0. The summed E-state index contributed by atoms with van der Waals surface area (Å²) in [6, 6.07) is 0.546. The van der Waals surface area contributed by atoms with Gasteiger partial charge in [-0.25, -0.2) is 4.68 Å². The Balaban J connectivity index is 2.20. The smallest absolute Gasteiger partial charge is 0.155 e. The van der Waals surface area contributed by atoms with Crippen molar-refractivity contribution in [1.29, 1.82) is 0 Å². The monoisotopic (exact) mass is 181 g/mol. The van der Waals surface area contributed by atoms with E-state index in [0.717, 1.165) is 5.82 Å². The van der Waals surface area contributed by atoms with Crippen molar-refractivity contribution in [3.63, 3.8) is 0 Å². The number of aryl methyl sites for hydroxylation is 1. The van der Waals surface area contributed by atoms with Gasteiger partial charge in [0.2, 0.25) is 0 Å². The molecule has 0 saturated heterocycles. The lowest BCUT2D eigenvalue weighted by molar-refractivity contribution is 0.485. The summed E-state index contributed by atoms with van der Waals surface area (Å²) in [7, 11) is 3.91. The minimum atomic E-state index is 0.491. The standard InChI is InChI=1S/C8H15N5/c1-9-7-5-3-4-6(7)8-10-11-12-13(8)2/h6-7,9H,3-5H2,1-2H3. The van der Waals surface area contributed by atoms with Crippen molar-refractivity contribution in [1.82, 2.24) is 25.5 Å². The predicted molar refractivity (Wildman–Crippen MR) is 48.2 cm³/mol. The largest absolute Gasteiger partial charge is 0.316 e. The minimum absolute atomic E-state index is 0.491. The maximum atomic E-state index is 4.06. The zero-order valence-electron chi connectivity index (χ0n) is 8.06. The van der Waals surface area contributed by atoms with E-state index in [1.54, 1.807) is 4.68 Å². The molecule has 1 aliphatic rings. The highest BCUT2D eigenvalue weighted by Gasteiger charge is 2.30. The molecule has 0 radical (unpaired) electrons. The van der Waals surface area contributed by atoms with Gasteiger partial charge in [0.05, 0.1) is 0 Å². The average molecular weight is 181 g/mol. The molecule has 2 unspecified atom stereocenters. The number of aromatic nitrogens is 4. The third-order valence-electron chi connectivity index (χ3n) is 2.87. The SMILES string of the molecule is CNC1CCCC1c1nnnn1C. The number of hydrogen-bond acceptors (Lipinski definition) is 4. The Bertz CT molecular complexity index is 282. The molecule has 0 aromatic carbocycles. The van der Waals surface area contributed by atoms with E-state index in [9.17, 15) is 0 Å². The molecule has 72 valence electrons. The van der Waals surface area contributed by atoms with Crippen molar-refractivity contribution in [2.24, 2.45) is 7.05 Å². The lowest BCUT2D eigenvalue weighted by Crippen LogP contribution is -2.29. The Morgan fingerprint density at radius 1 is 1.46 bits per heavy atom. The van der Waals surface area contributed by atoms with Gasteiger partial charge in [-0.3, -0.25) is 0 Å². The van der Waals surface area contributed by atoms with Gasteiger partial charge in [-0.15, -0.1) is 5.10 Å². The van der Waals surface area contributed by atoms with Crippen LogP contribution >= 0.6 is 0 Å². The van der Waals surface area contributed by atoms with E-state index in [4.69, 9.17) is 0 Å². The molecule has 0 amide bonds. The fraction of sp³-hybridized carbons (Fsp3) is 0.875. The number of rotatable bonds is 2. The first-order valence-electron chi connectivity index (χ1n) is 4.72. The van der Waals surface area contributed by atoms with Crippen LogP contribution in [-0.2, 0) is 7.05 Å². The molecule has 0 bridgehead atoms. The first-order chi connectivity index (χ1) is 6.33. The van der Waals surface area contributed by atoms with E-state index < -0.39 is 0 Å². The normalized spacial score (nSPS) is 28.2. The molecule has 5 nitrogen and oxygen atoms in total. The lowest BCUT2D eigenvalue weighted by Gasteiger charge is -2.16. The number of nitrogens with one attached hydrogen (secondary N) is 1. The summed E-state index contributed by atoms with van der Waals surface area (Å²) in [4.78, 5) is 0. The zero-order chi connectivity index (χ0) is 9.26. The van der Waals surface area contributed by atoms with E-state index >= 15 is 0 Å². The van der Waals surface area contributed by atoms with Crippen molar-refractivity contribution in [3.8, 4) is 0 Å². The summed E-state index contributed by atoms with van der Waals surface area (Å²) in [6.07, 6.45) is 3.69. The lowest BCUT2D eigenvalue weighted by atomic mass is 10.0. The van der Waals surface area contributed by atoms with Gasteiger partial charge in [0.15, 0.2) is 5.82 Å². The Morgan fingerprint density at radius 3 is 2.92 bits per heavy atom. The molecule has 13 heavy (non-hydrogen) atoms. The van der Waals surface area contributed by atoms with Crippen molar-refractivity contribution in [3.05, 3.63) is 5.82 Å². The number of hydrogen-bond donors (Lipinski definition) is 1. The second-order valence-corrected chi connectivity index (χ2v) is 3.59. The molecular weight excluding hydrogens is 166 g/mol. The Labute approximate surface area is 77.5 Å². The van der Waals surface area contributed by atoms with E-state index in [-0.39, 0.29) is 0 Å². The molecule has 2 atom stereocenters. The molecule has 1 N–H and O–H groups in total. The maximum absolute atomic E-state index is 4.06. The van der Waals surface area contributed by atoms with E-state index in [1.165, 1.54) is 19.3 Å². The van der Waals surface area contributed by atoms with E-state index in [2.05, 4.69) is 20.8 Å². The second kappa shape index (κ2) is 3.41. The van der Waals surface area contributed by atoms with Crippen LogP contribution in [0.1, 0.15) is 31.0 Å². The van der Waals surface area contributed by atoms with Crippen LogP contribution in [0.25, 0.3) is 0 Å². The van der Waals surface area contributed by atoms with Crippen molar-refractivity contribution in [2.45, 2.75) is 31.2 Å². The predicted octanol–water partition coefficient (Wildman–Crippen LogP) is 0.0656. The van der Waals surface area contributed by atoms with Crippen LogP contribution in [0.3, 0.4) is 0 Å². The number of tetrazole rings is 1. The molecule has 0 aliphatic heterocycles. The minimum Gasteiger partial charge on any atom is -0.316 e. The third-order valence-corrected chi connectivity index (χ3v) is 2.87. The van der Waals surface area contributed by atoms with Gasteiger partial charge in [0.1, 0.15) is 0 Å². The summed E-state index contributed by atoms with van der Waals surface area (Å²) < 4.78 is 1.78. The summed E-state index contributed by atoms with van der Waals surface area (Å²) in [5, 5.41) is 14.9. The highest BCUT2D eigenvalue weighted by Crippen LogP contribution is 2.32. The molecule has 1 fully saturated rings. The van der Waals surface area contributed by atoms with Crippen molar-refractivity contribution >= 4 is 0 Å². The van der Waals surface area contributed by atoms with Crippen LogP contribution in [0.15, 0.2) is 0 Å². The van der Waals surface area contributed by atoms with Gasteiger partial charge in [-0.1, -0.05) is 6.42 Å². The van der Waals surface area contributed by atoms with Gasteiger partial charge < -0.3 is 5.32 Å². The zero-order valence-corrected chi connectivity index (χ0v) is 8.06. The fourth-order valence-electron chi connectivity index (χ4n) is 2.17. The fourth-order valence-corrected chi connectivity index (χ4v) is 2.17. The van der Waals surface area contributed by atoms with Crippen LogP contribution < -0.4 is 5.32 Å². The molecule has 1 saturated carbocycles. The van der Waals surface area contributed by atoms with Gasteiger partial charge in [0, 0.05) is 19.0 Å². The molecule has 1 aromatic heterocycles. The summed E-state index contributed by atoms with van der Waals surface area (Å²) in [5.74, 6) is 1.50. The molecule has 0 spiro atoms. The first kappa shape index (κ1) is 8.62. The topological polar surface area (TPSA) is 55.6 Å². The van der Waals surface area contributed by atoms with Crippen molar-refractivity contribution in [2.75, 3.05) is 7.05 Å². The van der Waals surface area contributed by atoms with Gasteiger partial charge in [-0.05, 0) is 30.3 Å². The third kappa shape index (κ3) is 1.44. The molecule has 2 rings (SSSR count). The van der Waals surface area contributed by atoms with E-state index in [1.807, 2.05) is 14.1 Å². The first-order valence-corrected chi connectivity index (χ1v) is 4.72. The van der Waals surface area contributed by atoms with Crippen LogP contribution in [0.5, 0.6) is 0 Å². The maximum Gasteiger partial charge on any atom is 0.155 e. The number of likely N-dealkylation sites (N-methyl/N-ethyl adjacent to an activating group) is 1. The second-order valence-electron chi connectivity index (χ2n) is 3.59. The molecule has 1 heterocycles. The number of nitrogens with zero attached hydrogens (tertiary/aromatic N) is 4. The molecule has 1 aliphatic carbocycles. The Kier molecular flexibility index (Phi) is 2.26. The molecule has 5 heteroatoms. The van der Waals surface area contributed by atoms with Gasteiger partial charge in [0.25, 0.3) is 0 Å². The summed E-state index contributed by atoms with van der Waals surface area (Å²) >= 11 is 0. The van der Waals surface area contributed by atoms with Gasteiger partial charge >= 0.3 is 0 Å². The van der Waals surface area contributed by atoms with Gasteiger partial charge in [-0.2, -0.15) is 0 Å². The van der Waals surface area contributed by atoms with Crippen molar-refractivity contribution < 1.29 is 0 Å². The van der Waals surface area contributed by atoms with Crippen LogP contribution in [-0.4, -0.2) is 33.3 Å². The average Bonchev–Trinajstić information content (AvgIpc) is 2.71. The molecule has 1 aromatic rings. The van der Waals surface area contributed by atoms with E-state index in [0.29, 0.717) is 12.0 Å². The van der Waals surface area contributed by atoms with Crippen LogP contribution in [0, 0.1) is 0 Å². The quantitative estimate of drug-likeness (QED) is 0.701.